The summed E-state index contributed by atoms with van der Waals surface area (Å²) in [5.41, 5.74) is 6.51. The average Bonchev–Trinajstić information content (AvgIpc) is 3.46. The standard InChI is InChI=1S/C34H28N2S/c1-4-26-20-30-33(37-26)28-17-16-24(19-29(28)34(30,2)3)36(25-18-23-11-6-8-14-31(23)35-21-25)32-15-9-12-22-10-5-7-13-27(22)32/h4-20,25H,1,21H2,2-3H3. The average molecular weight is 497 g/mol. The van der Waals surface area contributed by atoms with Crippen molar-refractivity contribution in [2.75, 3.05) is 11.4 Å². The van der Waals surface area contributed by atoms with Gasteiger partial charge >= 0.3 is 0 Å². The highest BCUT2D eigenvalue weighted by atomic mass is 32.1. The van der Waals surface area contributed by atoms with E-state index in [1.165, 1.54) is 53.8 Å². The number of para-hydroxylation sites is 1. The maximum Gasteiger partial charge on any atom is 0.0727 e. The van der Waals surface area contributed by atoms with Gasteiger partial charge in [-0.05, 0) is 57.6 Å². The van der Waals surface area contributed by atoms with Crippen LogP contribution in [-0.4, -0.2) is 12.6 Å². The summed E-state index contributed by atoms with van der Waals surface area (Å²) in [6, 6.07) is 33.2. The molecule has 1 aliphatic carbocycles. The van der Waals surface area contributed by atoms with Crippen LogP contribution in [0.25, 0.3) is 33.4 Å². The molecule has 0 amide bonds. The zero-order valence-electron chi connectivity index (χ0n) is 21.1. The molecule has 1 aromatic heterocycles. The lowest BCUT2D eigenvalue weighted by Gasteiger charge is -2.34. The number of fused-ring (bicyclic) bond motifs is 5. The van der Waals surface area contributed by atoms with Crippen molar-refractivity contribution < 1.29 is 0 Å². The maximum absolute atomic E-state index is 4.99. The fourth-order valence-corrected chi connectivity index (χ4v) is 7.23. The van der Waals surface area contributed by atoms with Gasteiger partial charge in [-0.1, -0.05) is 93.2 Å². The second kappa shape index (κ2) is 8.29. The minimum Gasteiger partial charge on any atom is -0.332 e. The van der Waals surface area contributed by atoms with Gasteiger partial charge < -0.3 is 4.90 Å². The van der Waals surface area contributed by atoms with Crippen LogP contribution >= 0.6 is 11.3 Å². The van der Waals surface area contributed by atoms with Crippen LogP contribution in [0.5, 0.6) is 0 Å². The summed E-state index contributed by atoms with van der Waals surface area (Å²) in [4.78, 5) is 10.1. The molecule has 0 saturated heterocycles. The van der Waals surface area contributed by atoms with Crippen molar-refractivity contribution in [2.24, 2.45) is 4.99 Å². The van der Waals surface area contributed by atoms with Crippen LogP contribution in [-0.2, 0) is 5.41 Å². The minimum atomic E-state index is -0.0594. The van der Waals surface area contributed by atoms with Gasteiger partial charge in [0.15, 0.2) is 0 Å². The van der Waals surface area contributed by atoms with Crippen LogP contribution in [0.4, 0.5) is 11.4 Å². The Labute approximate surface area is 221 Å². The molecule has 0 bridgehead atoms. The van der Waals surface area contributed by atoms with E-state index in [1.807, 2.05) is 17.4 Å². The number of hydrogen-bond donors (Lipinski definition) is 0. The highest BCUT2D eigenvalue weighted by molar-refractivity contribution is 7.16. The molecule has 2 heterocycles. The number of nitrogens with zero attached hydrogens (tertiary/aromatic N) is 2. The quantitative estimate of drug-likeness (QED) is 0.252. The molecule has 7 rings (SSSR count). The van der Waals surface area contributed by atoms with Gasteiger partial charge in [0.2, 0.25) is 0 Å². The van der Waals surface area contributed by atoms with Crippen molar-refractivity contribution in [1.29, 1.82) is 0 Å². The molecule has 4 aromatic carbocycles. The third kappa shape index (κ3) is 3.42. The zero-order chi connectivity index (χ0) is 25.1. The van der Waals surface area contributed by atoms with Gasteiger partial charge in [0.05, 0.1) is 17.9 Å². The van der Waals surface area contributed by atoms with E-state index in [1.54, 1.807) is 0 Å². The Morgan fingerprint density at radius 3 is 2.62 bits per heavy atom. The van der Waals surface area contributed by atoms with Gasteiger partial charge in [0, 0.05) is 31.9 Å². The molecule has 0 fully saturated rings. The van der Waals surface area contributed by atoms with Gasteiger partial charge in [-0.15, -0.1) is 11.3 Å². The number of rotatable bonds is 4. The smallest absolute Gasteiger partial charge is 0.0727 e. The summed E-state index contributed by atoms with van der Waals surface area (Å²) in [5.74, 6) is 0. The SMILES string of the molecule is C=Cc1cc2c(s1)-c1ccc(N(c3cccc4ccccc34)C3C=c4ccccc4=NC3)cc1C2(C)C. The first kappa shape index (κ1) is 22.3. The Morgan fingerprint density at radius 2 is 1.73 bits per heavy atom. The third-order valence-electron chi connectivity index (χ3n) is 7.94. The molecule has 0 saturated carbocycles. The molecule has 0 radical (unpaired) electrons. The highest BCUT2D eigenvalue weighted by Crippen LogP contribution is 2.53. The summed E-state index contributed by atoms with van der Waals surface area (Å²) in [6.45, 7) is 9.42. The monoisotopic (exact) mass is 496 g/mol. The first-order valence-corrected chi connectivity index (χ1v) is 13.7. The van der Waals surface area contributed by atoms with Crippen LogP contribution in [0.1, 0.15) is 29.9 Å². The molecule has 3 heteroatoms. The molecule has 37 heavy (non-hydrogen) atoms. The number of hydrogen-bond acceptors (Lipinski definition) is 3. The van der Waals surface area contributed by atoms with Crippen LogP contribution < -0.4 is 15.5 Å². The Kier molecular flexibility index (Phi) is 4.99. The summed E-state index contributed by atoms with van der Waals surface area (Å²) in [7, 11) is 0. The molecular weight excluding hydrogens is 468 g/mol. The van der Waals surface area contributed by atoms with Crippen molar-refractivity contribution in [3.63, 3.8) is 0 Å². The zero-order valence-corrected chi connectivity index (χ0v) is 21.9. The fraction of sp³-hybridized carbons (Fsp3) is 0.147. The molecule has 5 aromatic rings. The normalized spacial score (nSPS) is 16.8. The highest BCUT2D eigenvalue weighted by Gasteiger charge is 2.38. The lowest BCUT2D eigenvalue weighted by Crippen LogP contribution is -2.40. The minimum absolute atomic E-state index is 0.0594. The molecule has 2 aliphatic rings. The van der Waals surface area contributed by atoms with E-state index in [-0.39, 0.29) is 11.5 Å². The molecule has 1 atom stereocenters. The maximum atomic E-state index is 4.99. The Morgan fingerprint density at radius 1 is 0.919 bits per heavy atom. The van der Waals surface area contributed by atoms with Crippen molar-refractivity contribution in [3.05, 3.63) is 124 Å². The Hall–Kier alpha value is -3.95. The van der Waals surface area contributed by atoms with Gasteiger partial charge in [-0.3, -0.25) is 4.99 Å². The fourth-order valence-electron chi connectivity index (χ4n) is 6.03. The predicted octanol–water partition coefficient (Wildman–Crippen LogP) is 7.47. The van der Waals surface area contributed by atoms with Crippen molar-refractivity contribution in [1.82, 2.24) is 0 Å². The number of anilines is 2. The van der Waals surface area contributed by atoms with Crippen LogP contribution in [0.2, 0.25) is 0 Å². The van der Waals surface area contributed by atoms with Crippen molar-refractivity contribution in [2.45, 2.75) is 25.3 Å². The molecule has 0 spiro atoms. The Balaban J connectivity index is 1.44. The van der Waals surface area contributed by atoms with E-state index in [0.717, 1.165) is 11.9 Å². The van der Waals surface area contributed by atoms with Gasteiger partial charge in [-0.25, -0.2) is 0 Å². The van der Waals surface area contributed by atoms with Crippen molar-refractivity contribution >= 4 is 45.6 Å². The molecular formula is C34H28N2S. The first-order chi connectivity index (χ1) is 18.0. The second-order valence-electron chi connectivity index (χ2n) is 10.5. The lowest BCUT2D eigenvalue weighted by atomic mass is 9.82. The topological polar surface area (TPSA) is 15.6 Å². The van der Waals surface area contributed by atoms with E-state index < -0.39 is 0 Å². The lowest BCUT2D eigenvalue weighted by molar-refractivity contribution is 0.661. The number of thiophene rings is 1. The van der Waals surface area contributed by atoms with Crippen molar-refractivity contribution in [3.8, 4) is 10.4 Å². The molecule has 1 aliphatic heterocycles. The summed E-state index contributed by atoms with van der Waals surface area (Å²) in [5, 5.41) is 4.78. The molecule has 0 N–H and O–H groups in total. The van der Waals surface area contributed by atoms with E-state index >= 15 is 0 Å². The van der Waals surface area contributed by atoms with Crippen LogP contribution in [0.15, 0.2) is 103 Å². The largest absolute Gasteiger partial charge is 0.332 e. The summed E-state index contributed by atoms with van der Waals surface area (Å²) >= 11 is 1.85. The van der Waals surface area contributed by atoms with Gasteiger partial charge in [0.25, 0.3) is 0 Å². The second-order valence-corrected chi connectivity index (χ2v) is 11.5. The van der Waals surface area contributed by atoms with E-state index in [2.05, 4.69) is 122 Å². The number of benzene rings is 4. The van der Waals surface area contributed by atoms with Crippen LogP contribution in [0, 0.1) is 0 Å². The predicted molar refractivity (Wildman–Crippen MR) is 158 cm³/mol. The first-order valence-electron chi connectivity index (χ1n) is 12.8. The molecule has 2 nitrogen and oxygen atoms in total. The Bertz CT molecular complexity index is 1820. The summed E-state index contributed by atoms with van der Waals surface area (Å²) in [6.07, 6.45) is 4.35. The van der Waals surface area contributed by atoms with Gasteiger partial charge in [0.1, 0.15) is 0 Å². The molecule has 180 valence electrons. The summed E-state index contributed by atoms with van der Waals surface area (Å²) < 4.78 is 0. The van der Waals surface area contributed by atoms with Gasteiger partial charge in [-0.2, -0.15) is 0 Å². The third-order valence-corrected chi connectivity index (χ3v) is 9.10. The van der Waals surface area contributed by atoms with E-state index in [0.29, 0.717) is 0 Å². The van der Waals surface area contributed by atoms with E-state index in [4.69, 9.17) is 4.99 Å². The van der Waals surface area contributed by atoms with Crippen LogP contribution in [0.3, 0.4) is 0 Å². The molecule has 1 unspecified atom stereocenters. The van der Waals surface area contributed by atoms with E-state index in [9.17, 15) is 0 Å².